The molecule has 3 aromatic rings. The molecule has 1 aliphatic rings. The van der Waals surface area contributed by atoms with Crippen LogP contribution in [0.4, 0.5) is 11.4 Å². The molecule has 0 saturated carbocycles. The third-order valence-corrected chi connectivity index (χ3v) is 6.21. The van der Waals surface area contributed by atoms with E-state index in [4.69, 9.17) is 0 Å². The summed E-state index contributed by atoms with van der Waals surface area (Å²) in [6, 6.07) is 11.4. The molecule has 4 rings (SSSR count). The predicted molar refractivity (Wildman–Crippen MR) is 129 cm³/mol. The van der Waals surface area contributed by atoms with Crippen LogP contribution in [0.25, 0.3) is 11.4 Å². The first kappa shape index (κ1) is 22.3. The maximum absolute atomic E-state index is 13.0. The van der Waals surface area contributed by atoms with Crippen LogP contribution in [0.3, 0.4) is 0 Å². The van der Waals surface area contributed by atoms with Crippen LogP contribution in [-0.4, -0.2) is 70.2 Å². The quantitative estimate of drug-likeness (QED) is 0.439. The van der Waals surface area contributed by atoms with E-state index in [1.54, 1.807) is 43.2 Å². The highest BCUT2D eigenvalue weighted by molar-refractivity contribution is 7.98. The summed E-state index contributed by atoms with van der Waals surface area (Å²) in [6.45, 7) is 4.78. The van der Waals surface area contributed by atoms with E-state index in [0.29, 0.717) is 11.5 Å². The molecule has 0 spiro atoms. The van der Waals surface area contributed by atoms with E-state index < -0.39 is 7.05 Å². The lowest BCUT2D eigenvalue weighted by Gasteiger charge is -2.37. The number of hydrogen-bond donors (Lipinski definition) is 2. The summed E-state index contributed by atoms with van der Waals surface area (Å²) in [5, 5.41) is 12.7. The summed E-state index contributed by atoms with van der Waals surface area (Å²) in [5.41, 5.74) is 2.68. The van der Waals surface area contributed by atoms with E-state index in [9.17, 15) is 9.82 Å². The summed E-state index contributed by atoms with van der Waals surface area (Å²) in [5.74, 6) is 0.192. The van der Waals surface area contributed by atoms with Crippen molar-refractivity contribution in [3.8, 4) is 11.4 Å². The second-order valence-electron chi connectivity index (χ2n) is 7.50. The van der Waals surface area contributed by atoms with Crippen molar-refractivity contribution in [3.63, 3.8) is 0 Å². The van der Waals surface area contributed by atoms with Crippen LogP contribution in [0.1, 0.15) is 10.5 Å². The number of pyridine rings is 1. The highest BCUT2D eigenvalue weighted by Crippen LogP contribution is 2.26. The number of amides is 1. The smallest absolute Gasteiger partial charge is 0.376 e. The zero-order valence-corrected chi connectivity index (χ0v) is 18.9. The van der Waals surface area contributed by atoms with E-state index in [1.807, 2.05) is 41.4 Å². The van der Waals surface area contributed by atoms with Gasteiger partial charge in [0.1, 0.15) is 5.69 Å². The van der Waals surface area contributed by atoms with Crippen LogP contribution in [0.2, 0.25) is 6.82 Å². The zero-order valence-electron chi connectivity index (χ0n) is 18.1. The number of nitrogens with one attached hydrogen (secondary N) is 1. The molecule has 164 valence electrons. The average Bonchev–Trinajstić information content (AvgIpc) is 2.84. The number of anilines is 2. The number of benzene rings is 1. The van der Waals surface area contributed by atoms with Crippen molar-refractivity contribution in [1.82, 2.24) is 19.8 Å². The van der Waals surface area contributed by atoms with Crippen molar-refractivity contribution in [2.45, 2.75) is 11.7 Å². The van der Waals surface area contributed by atoms with Crippen LogP contribution in [0, 0.1) is 0 Å². The van der Waals surface area contributed by atoms with Gasteiger partial charge in [-0.2, -0.15) is 0 Å². The molecule has 1 amide bonds. The maximum atomic E-state index is 13.0. The van der Waals surface area contributed by atoms with E-state index in [2.05, 4.69) is 25.2 Å². The van der Waals surface area contributed by atoms with Crippen molar-refractivity contribution >= 4 is 36.1 Å². The SMILES string of the molecule is CSc1ccc(-c2nccc(C(=O)Nc3cnccc3N3CCN(B(C)O)CC3)n2)cc1. The molecular weight excluding hydrogens is 423 g/mol. The Balaban J connectivity index is 1.50. The molecule has 0 unspecified atom stereocenters. The van der Waals surface area contributed by atoms with Crippen LogP contribution in [0.15, 0.2) is 59.9 Å². The highest BCUT2D eigenvalue weighted by Gasteiger charge is 2.24. The Kier molecular flexibility index (Phi) is 7.04. The van der Waals surface area contributed by atoms with Crippen LogP contribution < -0.4 is 10.2 Å². The van der Waals surface area contributed by atoms with Gasteiger partial charge < -0.3 is 20.1 Å². The second-order valence-corrected chi connectivity index (χ2v) is 8.38. The first-order chi connectivity index (χ1) is 15.5. The van der Waals surface area contributed by atoms with Gasteiger partial charge in [-0.15, -0.1) is 11.8 Å². The van der Waals surface area contributed by atoms with Gasteiger partial charge in [-0.1, -0.05) is 12.1 Å². The molecule has 1 aliphatic heterocycles. The van der Waals surface area contributed by atoms with Crippen LogP contribution >= 0.6 is 11.8 Å². The molecule has 0 atom stereocenters. The molecule has 1 saturated heterocycles. The molecule has 0 aliphatic carbocycles. The first-order valence-corrected chi connectivity index (χ1v) is 11.7. The van der Waals surface area contributed by atoms with E-state index >= 15 is 0 Å². The van der Waals surface area contributed by atoms with E-state index in [0.717, 1.165) is 42.3 Å². The topological polar surface area (TPSA) is 94.5 Å². The van der Waals surface area contributed by atoms with E-state index in [-0.39, 0.29) is 11.6 Å². The predicted octanol–water partition coefficient (Wildman–Crippen LogP) is 2.75. The molecule has 2 aromatic heterocycles. The monoisotopic (exact) mass is 448 g/mol. The number of carbonyl (C=O) groups is 1. The third kappa shape index (κ3) is 5.09. The van der Waals surface area contributed by atoms with Gasteiger partial charge in [0, 0.05) is 49.0 Å². The standard InChI is InChI=1S/C22H25BN6O2S/c1-23(31)29-13-11-28(12-14-29)20-8-9-24-15-19(20)27-22(30)18-7-10-25-21(26-18)16-3-5-17(32-2)6-4-16/h3-10,15,31H,11-14H2,1-2H3,(H,27,30). The van der Waals surface area contributed by atoms with Crippen molar-refractivity contribution in [3.05, 3.63) is 60.7 Å². The summed E-state index contributed by atoms with van der Waals surface area (Å²) < 4.78 is 0. The molecule has 1 fully saturated rings. The normalized spacial score (nSPS) is 14.3. The minimum atomic E-state index is -0.461. The summed E-state index contributed by atoms with van der Waals surface area (Å²) in [6.07, 6.45) is 6.99. The Hall–Kier alpha value is -2.95. The number of rotatable bonds is 6. The fraction of sp³-hybridized carbons (Fsp3) is 0.273. The van der Waals surface area contributed by atoms with Gasteiger partial charge in [-0.3, -0.25) is 9.78 Å². The second kappa shape index (κ2) is 10.1. The molecule has 2 N–H and O–H groups in total. The molecular formula is C22H25BN6O2S. The van der Waals surface area contributed by atoms with Crippen molar-refractivity contribution in [2.24, 2.45) is 0 Å². The summed E-state index contributed by atoms with van der Waals surface area (Å²) >= 11 is 1.67. The summed E-state index contributed by atoms with van der Waals surface area (Å²) in [4.78, 5) is 31.3. The van der Waals surface area contributed by atoms with Crippen molar-refractivity contribution < 1.29 is 9.82 Å². The molecule has 3 heterocycles. The van der Waals surface area contributed by atoms with Gasteiger partial charge in [-0.05, 0) is 37.3 Å². The number of nitrogens with zero attached hydrogens (tertiary/aromatic N) is 5. The molecule has 32 heavy (non-hydrogen) atoms. The van der Waals surface area contributed by atoms with Gasteiger partial charge in [0.25, 0.3) is 5.91 Å². The van der Waals surface area contributed by atoms with Crippen molar-refractivity contribution in [2.75, 3.05) is 42.7 Å². The Morgan fingerprint density at radius 3 is 2.53 bits per heavy atom. The Labute approximate surface area is 192 Å². The van der Waals surface area contributed by atoms with Crippen LogP contribution in [0.5, 0.6) is 0 Å². The lowest BCUT2D eigenvalue weighted by Crippen LogP contribution is -2.51. The molecule has 10 heteroatoms. The first-order valence-electron chi connectivity index (χ1n) is 10.4. The van der Waals surface area contributed by atoms with Crippen LogP contribution in [-0.2, 0) is 0 Å². The Morgan fingerprint density at radius 2 is 1.84 bits per heavy atom. The third-order valence-electron chi connectivity index (χ3n) is 5.47. The zero-order chi connectivity index (χ0) is 22.5. The Bertz CT molecular complexity index is 1070. The number of piperazine rings is 1. The number of carbonyl (C=O) groups excluding carboxylic acids is 1. The maximum Gasteiger partial charge on any atom is 0.376 e. The fourth-order valence-electron chi connectivity index (χ4n) is 3.65. The van der Waals surface area contributed by atoms with Crippen molar-refractivity contribution in [1.29, 1.82) is 0 Å². The van der Waals surface area contributed by atoms with E-state index in [1.165, 1.54) is 0 Å². The lowest BCUT2D eigenvalue weighted by molar-refractivity contribution is 0.102. The Morgan fingerprint density at radius 1 is 1.09 bits per heavy atom. The highest BCUT2D eigenvalue weighted by atomic mass is 32.2. The number of aromatic nitrogens is 3. The lowest BCUT2D eigenvalue weighted by atomic mass is 9.84. The van der Waals surface area contributed by atoms with Gasteiger partial charge in [0.2, 0.25) is 0 Å². The minimum absolute atomic E-state index is 0.290. The summed E-state index contributed by atoms with van der Waals surface area (Å²) in [7, 11) is -0.461. The molecule has 0 bridgehead atoms. The largest absolute Gasteiger partial charge is 0.437 e. The van der Waals surface area contributed by atoms with Gasteiger partial charge in [-0.25, -0.2) is 9.97 Å². The van der Waals surface area contributed by atoms with Gasteiger partial charge >= 0.3 is 7.05 Å². The minimum Gasteiger partial charge on any atom is -0.437 e. The van der Waals surface area contributed by atoms with Gasteiger partial charge in [0.15, 0.2) is 5.82 Å². The molecule has 8 nitrogen and oxygen atoms in total. The average molecular weight is 448 g/mol. The molecule has 0 radical (unpaired) electrons. The van der Waals surface area contributed by atoms with Gasteiger partial charge in [0.05, 0.1) is 17.6 Å². The molecule has 1 aromatic carbocycles. The fourth-order valence-corrected chi connectivity index (χ4v) is 4.05. The number of hydrogen-bond acceptors (Lipinski definition) is 8. The number of thioether (sulfide) groups is 1.